The summed E-state index contributed by atoms with van der Waals surface area (Å²) in [4.78, 5) is 13.4. The van der Waals surface area contributed by atoms with E-state index in [4.69, 9.17) is 11.6 Å². The first kappa shape index (κ1) is 20.8. The molecular formula is C19H33ClN3O+. The molecule has 0 aliphatic heterocycles. The Morgan fingerprint density at radius 3 is 2.46 bits per heavy atom. The van der Waals surface area contributed by atoms with E-state index in [1.54, 1.807) is 6.07 Å². The molecular weight excluding hydrogens is 322 g/mol. The van der Waals surface area contributed by atoms with Crippen molar-refractivity contribution in [2.75, 3.05) is 39.0 Å². The zero-order chi connectivity index (χ0) is 17.8. The second kappa shape index (κ2) is 12.2. The number of halogens is 1. The molecule has 0 unspecified atom stereocenters. The van der Waals surface area contributed by atoms with Crippen LogP contribution in [-0.2, 0) is 0 Å². The van der Waals surface area contributed by atoms with Crippen LogP contribution in [0.2, 0.25) is 5.02 Å². The first-order valence-corrected chi connectivity index (χ1v) is 9.53. The number of quaternary nitrogens is 1. The van der Waals surface area contributed by atoms with Crippen LogP contribution in [-0.4, -0.2) is 39.6 Å². The van der Waals surface area contributed by atoms with Gasteiger partial charge in [-0.05, 0) is 24.6 Å². The Balaban J connectivity index is 2.34. The lowest BCUT2D eigenvalue weighted by Crippen LogP contribution is -3.06. The first-order chi connectivity index (χ1) is 11.5. The fraction of sp³-hybridized carbons (Fsp3) is 0.632. The van der Waals surface area contributed by atoms with Crippen molar-refractivity contribution in [3.63, 3.8) is 0 Å². The second-order valence-electron chi connectivity index (χ2n) is 6.60. The number of nitrogens with one attached hydrogen (secondary N) is 3. The molecule has 0 saturated heterocycles. The van der Waals surface area contributed by atoms with Crippen LogP contribution >= 0.6 is 11.6 Å². The predicted octanol–water partition coefficient (Wildman–Crippen LogP) is 2.99. The lowest BCUT2D eigenvalue weighted by molar-refractivity contribution is -0.856. The number of carbonyl (C=O) groups is 1. The van der Waals surface area contributed by atoms with Crippen LogP contribution in [0.25, 0.3) is 0 Å². The third-order valence-corrected chi connectivity index (χ3v) is 4.30. The average Bonchev–Trinajstić information content (AvgIpc) is 2.54. The van der Waals surface area contributed by atoms with Crippen molar-refractivity contribution >= 4 is 23.2 Å². The van der Waals surface area contributed by atoms with Gasteiger partial charge >= 0.3 is 0 Å². The van der Waals surface area contributed by atoms with Gasteiger partial charge in [0.05, 0.1) is 37.9 Å². The third-order valence-electron chi connectivity index (χ3n) is 3.99. The molecule has 4 nitrogen and oxygen atoms in total. The van der Waals surface area contributed by atoms with Crippen LogP contribution in [0.3, 0.4) is 0 Å². The largest absolute Gasteiger partial charge is 0.384 e. The Hall–Kier alpha value is -1.26. The zero-order valence-electron chi connectivity index (χ0n) is 15.4. The van der Waals surface area contributed by atoms with Crippen molar-refractivity contribution in [1.29, 1.82) is 0 Å². The fourth-order valence-corrected chi connectivity index (χ4v) is 2.70. The molecule has 0 saturated carbocycles. The number of amides is 1. The monoisotopic (exact) mass is 354 g/mol. The molecule has 0 aliphatic carbocycles. The summed E-state index contributed by atoms with van der Waals surface area (Å²) < 4.78 is 0. The van der Waals surface area contributed by atoms with Gasteiger partial charge in [0, 0.05) is 12.1 Å². The molecule has 136 valence electrons. The minimum absolute atomic E-state index is 0.0689. The van der Waals surface area contributed by atoms with E-state index in [1.165, 1.54) is 37.0 Å². The van der Waals surface area contributed by atoms with Crippen LogP contribution in [0.15, 0.2) is 18.2 Å². The molecule has 3 N–H and O–H groups in total. The van der Waals surface area contributed by atoms with E-state index in [9.17, 15) is 4.79 Å². The number of rotatable bonds is 12. The number of carbonyl (C=O) groups excluding carboxylic acids is 1. The summed E-state index contributed by atoms with van der Waals surface area (Å²) in [5.41, 5.74) is 1.51. The summed E-state index contributed by atoms with van der Waals surface area (Å²) in [6.45, 7) is 4.72. The van der Waals surface area contributed by atoms with Crippen molar-refractivity contribution < 1.29 is 9.69 Å². The second-order valence-corrected chi connectivity index (χ2v) is 7.01. The number of anilines is 1. The van der Waals surface area contributed by atoms with E-state index in [1.807, 2.05) is 12.1 Å². The van der Waals surface area contributed by atoms with E-state index >= 15 is 0 Å². The number of benzene rings is 1. The molecule has 1 aromatic carbocycles. The van der Waals surface area contributed by atoms with E-state index in [0.29, 0.717) is 17.1 Å². The zero-order valence-corrected chi connectivity index (χ0v) is 16.1. The minimum atomic E-state index is -0.0689. The van der Waals surface area contributed by atoms with Crippen molar-refractivity contribution in [3.8, 4) is 0 Å². The van der Waals surface area contributed by atoms with Gasteiger partial charge in [-0.15, -0.1) is 0 Å². The lowest BCUT2D eigenvalue weighted by atomic mass is 10.1. The Labute approximate surface area is 151 Å². The maximum Gasteiger partial charge on any atom is 0.251 e. The Morgan fingerprint density at radius 2 is 1.79 bits per heavy atom. The molecule has 1 amide bonds. The van der Waals surface area contributed by atoms with Crippen molar-refractivity contribution in [3.05, 3.63) is 28.8 Å². The van der Waals surface area contributed by atoms with Gasteiger partial charge in [0.1, 0.15) is 0 Å². The predicted molar refractivity (Wildman–Crippen MR) is 103 cm³/mol. The highest BCUT2D eigenvalue weighted by atomic mass is 35.5. The number of unbranched alkanes of at least 4 members (excludes halogenated alkanes) is 5. The molecule has 0 spiro atoms. The Morgan fingerprint density at radius 1 is 1.08 bits per heavy atom. The Bertz CT molecular complexity index is 492. The summed E-state index contributed by atoms with van der Waals surface area (Å²) in [5, 5.41) is 6.88. The third kappa shape index (κ3) is 8.55. The van der Waals surface area contributed by atoms with E-state index in [0.717, 1.165) is 25.2 Å². The molecule has 0 atom stereocenters. The molecule has 0 aromatic heterocycles. The van der Waals surface area contributed by atoms with Gasteiger partial charge in [-0.25, -0.2) is 0 Å². The maximum atomic E-state index is 12.1. The maximum absolute atomic E-state index is 12.1. The topological polar surface area (TPSA) is 45.6 Å². The number of hydrogen-bond acceptors (Lipinski definition) is 2. The van der Waals surface area contributed by atoms with Crippen molar-refractivity contribution in [2.24, 2.45) is 0 Å². The molecule has 1 rings (SSSR count). The standard InChI is InChI=1S/C19H32ClN3O/c1-4-5-6-7-8-9-12-21-18-11-10-16(15-17(18)20)19(24)22-13-14-23(2)3/h10-11,15,21H,4-9,12-14H2,1-3H3,(H,22,24)/p+1. The summed E-state index contributed by atoms with van der Waals surface area (Å²) in [7, 11) is 4.13. The van der Waals surface area contributed by atoms with Crippen molar-refractivity contribution in [2.45, 2.75) is 45.4 Å². The van der Waals surface area contributed by atoms with E-state index in [-0.39, 0.29) is 5.91 Å². The highest BCUT2D eigenvalue weighted by Gasteiger charge is 2.08. The van der Waals surface area contributed by atoms with Crippen LogP contribution in [0, 0.1) is 0 Å². The normalized spacial score (nSPS) is 10.9. The van der Waals surface area contributed by atoms with E-state index in [2.05, 4.69) is 31.7 Å². The summed E-state index contributed by atoms with van der Waals surface area (Å²) in [5.74, 6) is -0.0689. The molecule has 0 aliphatic rings. The molecule has 0 heterocycles. The minimum Gasteiger partial charge on any atom is -0.384 e. The molecule has 0 radical (unpaired) electrons. The van der Waals surface area contributed by atoms with E-state index < -0.39 is 0 Å². The highest BCUT2D eigenvalue weighted by molar-refractivity contribution is 6.33. The van der Waals surface area contributed by atoms with Crippen LogP contribution < -0.4 is 15.5 Å². The SMILES string of the molecule is CCCCCCCCNc1ccc(C(=O)NCC[NH+](C)C)cc1Cl. The van der Waals surface area contributed by atoms with Crippen molar-refractivity contribution in [1.82, 2.24) is 5.32 Å². The van der Waals surface area contributed by atoms with Gasteiger partial charge in [-0.2, -0.15) is 0 Å². The Kier molecular flexibility index (Phi) is 10.5. The summed E-state index contributed by atoms with van der Waals surface area (Å²) >= 11 is 6.29. The fourth-order valence-electron chi connectivity index (χ4n) is 2.46. The van der Waals surface area contributed by atoms with Gasteiger partial charge < -0.3 is 15.5 Å². The molecule has 5 heteroatoms. The van der Waals surface area contributed by atoms with Crippen LogP contribution in [0.4, 0.5) is 5.69 Å². The number of hydrogen-bond donors (Lipinski definition) is 3. The van der Waals surface area contributed by atoms with Gasteiger partial charge in [0.15, 0.2) is 0 Å². The van der Waals surface area contributed by atoms with Gasteiger partial charge in [-0.3, -0.25) is 4.79 Å². The molecule has 24 heavy (non-hydrogen) atoms. The smallest absolute Gasteiger partial charge is 0.251 e. The molecule has 0 fully saturated rings. The lowest BCUT2D eigenvalue weighted by Gasteiger charge is -2.11. The summed E-state index contributed by atoms with van der Waals surface area (Å²) in [6, 6.07) is 5.46. The highest BCUT2D eigenvalue weighted by Crippen LogP contribution is 2.23. The average molecular weight is 355 g/mol. The van der Waals surface area contributed by atoms with Gasteiger partial charge in [0.2, 0.25) is 0 Å². The first-order valence-electron chi connectivity index (χ1n) is 9.15. The molecule has 1 aromatic rings. The van der Waals surface area contributed by atoms with Gasteiger partial charge in [0.25, 0.3) is 5.91 Å². The summed E-state index contributed by atoms with van der Waals surface area (Å²) in [6.07, 6.45) is 7.64. The van der Waals surface area contributed by atoms with Crippen LogP contribution in [0.1, 0.15) is 55.8 Å². The quantitative estimate of drug-likeness (QED) is 0.505. The molecule has 0 bridgehead atoms. The van der Waals surface area contributed by atoms with Gasteiger partial charge in [-0.1, -0.05) is 50.6 Å². The number of likely N-dealkylation sites (N-methyl/N-ethyl adjacent to an activating group) is 1. The van der Waals surface area contributed by atoms with Crippen LogP contribution in [0.5, 0.6) is 0 Å².